The largest absolute Gasteiger partial charge is 0.470 e. The van der Waals surface area contributed by atoms with Crippen molar-refractivity contribution in [3.05, 3.63) is 30.4 Å². The zero-order valence-electron chi connectivity index (χ0n) is 8.16. The lowest BCUT2D eigenvalue weighted by Gasteiger charge is -2.17. The van der Waals surface area contributed by atoms with Gasteiger partial charge in [0.2, 0.25) is 0 Å². The predicted molar refractivity (Wildman–Crippen MR) is 52.7 cm³/mol. The van der Waals surface area contributed by atoms with Crippen LogP contribution >= 0.6 is 0 Å². The number of nitrogens with zero attached hydrogens (tertiary/aromatic N) is 1. The highest BCUT2D eigenvalue weighted by Gasteiger charge is 2.14. The van der Waals surface area contributed by atoms with Crippen molar-refractivity contribution in [3.8, 4) is 0 Å². The summed E-state index contributed by atoms with van der Waals surface area (Å²) < 4.78 is 5.07. The number of hydrogen-bond acceptors (Lipinski definition) is 2. The molecule has 0 unspecified atom stereocenters. The molecule has 0 atom stereocenters. The quantitative estimate of drug-likeness (QED) is 0.614. The molecule has 0 bridgehead atoms. The van der Waals surface area contributed by atoms with Crippen molar-refractivity contribution in [2.24, 2.45) is 0 Å². The summed E-state index contributed by atoms with van der Waals surface area (Å²) in [6.45, 7) is 6.53. The molecule has 2 aromatic rings. The summed E-state index contributed by atoms with van der Waals surface area (Å²) in [7, 11) is 0. The lowest BCUT2D eigenvalue weighted by atomic mass is 9.88. The topological polar surface area (TPSA) is 26.0 Å². The molecule has 2 aromatic heterocycles. The van der Waals surface area contributed by atoms with Crippen LogP contribution in [0.1, 0.15) is 26.3 Å². The molecule has 0 aliphatic carbocycles. The molecule has 0 aliphatic heterocycles. The maximum atomic E-state index is 5.07. The Labute approximate surface area is 77.6 Å². The van der Waals surface area contributed by atoms with E-state index in [0.29, 0.717) is 0 Å². The predicted octanol–water partition coefficient (Wildman–Crippen LogP) is 3.13. The molecule has 2 heterocycles. The van der Waals surface area contributed by atoms with Gasteiger partial charge in [0.25, 0.3) is 0 Å². The molecule has 0 aromatic carbocycles. The van der Waals surface area contributed by atoms with Gasteiger partial charge in [0.15, 0.2) is 0 Å². The van der Waals surface area contributed by atoms with E-state index in [9.17, 15) is 0 Å². The SMILES string of the molecule is CC(C)(C)c1cnc2cocc2c1. The number of pyridine rings is 1. The van der Waals surface area contributed by atoms with Gasteiger partial charge in [0, 0.05) is 11.6 Å². The molecule has 0 aliphatic rings. The molecule has 0 amide bonds. The van der Waals surface area contributed by atoms with Gasteiger partial charge in [0.05, 0.1) is 6.26 Å². The van der Waals surface area contributed by atoms with Crippen molar-refractivity contribution in [3.63, 3.8) is 0 Å². The summed E-state index contributed by atoms with van der Waals surface area (Å²) in [6, 6.07) is 2.13. The Kier molecular flexibility index (Phi) is 1.65. The van der Waals surface area contributed by atoms with Crippen molar-refractivity contribution in [2.45, 2.75) is 26.2 Å². The van der Waals surface area contributed by atoms with Gasteiger partial charge in [-0.25, -0.2) is 0 Å². The van der Waals surface area contributed by atoms with Gasteiger partial charge in [-0.3, -0.25) is 4.98 Å². The average Bonchev–Trinajstić information content (AvgIpc) is 2.47. The van der Waals surface area contributed by atoms with E-state index in [-0.39, 0.29) is 5.41 Å². The number of rotatable bonds is 0. The van der Waals surface area contributed by atoms with E-state index in [2.05, 4.69) is 31.8 Å². The summed E-state index contributed by atoms with van der Waals surface area (Å²) in [5.74, 6) is 0. The summed E-state index contributed by atoms with van der Waals surface area (Å²) >= 11 is 0. The van der Waals surface area contributed by atoms with Gasteiger partial charge in [0.1, 0.15) is 11.8 Å². The Balaban J connectivity index is 2.61. The molecule has 2 nitrogen and oxygen atoms in total. The molecule has 0 N–H and O–H groups in total. The van der Waals surface area contributed by atoms with E-state index >= 15 is 0 Å². The monoisotopic (exact) mass is 175 g/mol. The van der Waals surface area contributed by atoms with Crippen molar-refractivity contribution in [2.75, 3.05) is 0 Å². The Hall–Kier alpha value is -1.31. The first-order valence-electron chi connectivity index (χ1n) is 4.40. The number of hydrogen-bond donors (Lipinski definition) is 0. The lowest BCUT2D eigenvalue weighted by Crippen LogP contribution is -2.10. The molecular formula is C11H13NO. The maximum Gasteiger partial charge on any atom is 0.117 e. The van der Waals surface area contributed by atoms with Crippen LogP contribution in [0.3, 0.4) is 0 Å². The van der Waals surface area contributed by atoms with E-state index < -0.39 is 0 Å². The minimum Gasteiger partial charge on any atom is -0.470 e. The van der Waals surface area contributed by atoms with Crippen LogP contribution in [0.5, 0.6) is 0 Å². The second-order valence-electron chi connectivity index (χ2n) is 4.32. The molecule has 0 fully saturated rings. The van der Waals surface area contributed by atoms with Crippen LogP contribution in [0.15, 0.2) is 29.2 Å². The Bertz CT molecular complexity index is 423. The second kappa shape index (κ2) is 2.59. The fraction of sp³-hybridized carbons (Fsp3) is 0.364. The highest BCUT2D eigenvalue weighted by Crippen LogP contribution is 2.24. The van der Waals surface area contributed by atoms with Crippen molar-refractivity contribution in [1.82, 2.24) is 4.98 Å². The van der Waals surface area contributed by atoms with Crippen molar-refractivity contribution >= 4 is 10.9 Å². The van der Waals surface area contributed by atoms with Crippen molar-refractivity contribution in [1.29, 1.82) is 0 Å². The van der Waals surface area contributed by atoms with Crippen LogP contribution in [0, 0.1) is 0 Å². The number of aromatic nitrogens is 1. The van der Waals surface area contributed by atoms with E-state index in [4.69, 9.17) is 4.42 Å². The fourth-order valence-corrected chi connectivity index (χ4v) is 1.27. The molecular weight excluding hydrogens is 162 g/mol. The van der Waals surface area contributed by atoms with Gasteiger partial charge in [-0.1, -0.05) is 20.8 Å². The van der Waals surface area contributed by atoms with Crippen molar-refractivity contribution < 1.29 is 4.42 Å². The van der Waals surface area contributed by atoms with Crippen LogP contribution < -0.4 is 0 Å². The molecule has 0 saturated heterocycles. The third kappa shape index (κ3) is 1.44. The Morgan fingerprint density at radius 2 is 2.00 bits per heavy atom. The Morgan fingerprint density at radius 1 is 1.23 bits per heavy atom. The van der Waals surface area contributed by atoms with Crippen LogP contribution in [0.25, 0.3) is 10.9 Å². The van der Waals surface area contributed by atoms with Gasteiger partial charge in [-0.2, -0.15) is 0 Å². The standard InChI is InChI=1S/C11H13NO/c1-11(2,3)9-4-8-6-13-7-10(8)12-5-9/h4-7H,1-3H3. The zero-order chi connectivity index (χ0) is 9.47. The molecule has 0 radical (unpaired) electrons. The number of furan rings is 1. The minimum atomic E-state index is 0.151. The van der Waals surface area contributed by atoms with Gasteiger partial charge in [-0.05, 0) is 17.0 Å². The summed E-state index contributed by atoms with van der Waals surface area (Å²) in [5.41, 5.74) is 2.31. The van der Waals surface area contributed by atoms with Crippen LogP contribution in [-0.4, -0.2) is 4.98 Å². The average molecular weight is 175 g/mol. The van der Waals surface area contributed by atoms with Crippen LogP contribution in [0.4, 0.5) is 0 Å². The van der Waals surface area contributed by atoms with E-state index in [1.807, 2.05) is 6.20 Å². The van der Waals surface area contributed by atoms with Crippen LogP contribution in [-0.2, 0) is 5.41 Å². The van der Waals surface area contributed by atoms with E-state index in [1.54, 1.807) is 12.5 Å². The fourth-order valence-electron chi connectivity index (χ4n) is 1.27. The van der Waals surface area contributed by atoms with Gasteiger partial charge >= 0.3 is 0 Å². The number of fused-ring (bicyclic) bond motifs is 1. The smallest absolute Gasteiger partial charge is 0.117 e. The molecule has 0 saturated carbocycles. The van der Waals surface area contributed by atoms with Gasteiger partial charge in [-0.15, -0.1) is 0 Å². The summed E-state index contributed by atoms with van der Waals surface area (Å²) in [5, 5.41) is 1.08. The lowest BCUT2D eigenvalue weighted by molar-refractivity contribution is 0.571. The highest BCUT2D eigenvalue weighted by molar-refractivity contribution is 5.77. The molecule has 2 rings (SSSR count). The molecule has 13 heavy (non-hydrogen) atoms. The zero-order valence-corrected chi connectivity index (χ0v) is 8.16. The Morgan fingerprint density at radius 3 is 2.69 bits per heavy atom. The molecule has 0 spiro atoms. The third-order valence-electron chi connectivity index (χ3n) is 2.19. The first-order chi connectivity index (χ1) is 6.07. The normalized spacial score (nSPS) is 12.2. The molecule has 2 heteroatoms. The summed E-state index contributed by atoms with van der Waals surface area (Å²) in [4.78, 5) is 4.31. The first-order valence-corrected chi connectivity index (χ1v) is 4.40. The first kappa shape index (κ1) is 8.30. The highest BCUT2D eigenvalue weighted by atomic mass is 16.3. The van der Waals surface area contributed by atoms with Crippen LogP contribution in [0.2, 0.25) is 0 Å². The maximum absolute atomic E-state index is 5.07. The van der Waals surface area contributed by atoms with E-state index in [1.165, 1.54) is 5.56 Å². The van der Waals surface area contributed by atoms with E-state index in [0.717, 1.165) is 10.9 Å². The summed E-state index contributed by atoms with van der Waals surface area (Å²) in [6.07, 6.45) is 5.32. The second-order valence-corrected chi connectivity index (χ2v) is 4.32. The molecule has 68 valence electrons. The van der Waals surface area contributed by atoms with Gasteiger partial charge < -0.3 is 4.42 Å². The minimum absolute atomic E-state index is 0.151. The third-order valence-corrected chi connectivity index (χ3v) is 2.19.